The average Bonchev–Trinajstić information content (AvgIpc) is 2.22. The van der Waals surface area contributed by atoms with Crippen molar-refractivity contribution in [3.63, 3.8) is 0 Å². The summed E-state index contributed by atoms with van der Waals surface area (Å²) >= 11 is 0. The van der Waals surface area contributed by atoms with Crippen LogP contribution in [0.5, 0.6) is 0 Å². The second-order valence-electron chi connectivity index (χ2n) is 3.43. The second kappa shape index (κ2) is 5.27. The fraction of sp³-hybridized carbons (Fsp3) is 0.400. The van der Waals surface area contributed by atoms with Crippen molar-refractivity contribution in [2.75, 3.05) is 12.3 Å². The Kier molecular flexibility index (Phi) is 4.26. The minimum absolute atomic E-state index is 0.0467. The lowest BCUT2D eigenvalue weighted by Gasteiger charge is -2.08. The highest BCUT2D eigenvalue weighted by Crippen LogP contribution is 2.18. The van der Waals surface area contributed by atoms with Crippen molar-refractivity contribution in [3.05, 3.63) is 24.0 Å². The molecular formula is C10H15FN2O2S. The molecule has 0 aliphatic rings. The van der Waals surface area contributed by atoms with Crippen LogP contribution >= 0.6 is 0 Å². The van der Waals surface area contributed by atoms with Crippen molar-refractivity contribution in [1.29, 1.82) is 0 Å². The highest BCUT2D eigenvalue weighted by Gasteiger charge is 2.17. The number of unbranched alkanes of at least 4 members (excludes halogenated alkanes) is 1. The summed E-state index contributed by atoms with van der Waals surface area (Å²) in [6.45, 7) is 2.28. The summed E-state index contributed by atoms with van der Waals surface area (Å²) < 4.78 is 38.7. The molecule has 0 saturated carbocycles. The molecule has 0 radical (unpaired) electrons. The van der Waals surface area contributed by atoms with E-state index in [9.17, 15) is 12.8 Å². The predicted octanol–water partition coefficient (Wildman–Crippen LogP) is 1.49. The third kappa shape index (κ3) is 3.18. The van der Waals surface area contributed by atoms with Crippen molar-refractivity contribution in [2.24, 2.45) is 0 Å². The Morgan fingerprint density at radius 1 is 1.44 bits per heavy atom. The van der Waals surface area contributed by atoms with Gasteiger partial charge in [-0.1, -0.05) is 13.3 Å². The van der Waals surface area contributed by atoms with Gasteiger partial charge in [0.05, 0.1) is 5.69 Å². The van der Waals surface area contributed by atoms with E-state index in [1.165, 1.54) is 6.07 Å². The number of sulfonamides is 1. The summed E-state index contributed by atoms with van der Waals surface area (Å²) in [6, 6.07) is 3.29. The van der Waals surface area contributed by atoms with Crippen LogP contribution in [-0.2, 0) is 10.0 Å². The molecule has 4 nitrogen and oxygen atoms in total. The largest absolute Gasteiger partial charge is 0.398 e. The molecule has 90 valence electrons. The van der Waals surface area contributed by atoms with Gasteiger partial charge in [0.2, 0.25) is 10.0 Å². The SMILES string of the molecule is CCCCNS(=O)(=O)c1cc(F)ccc1N. The Hall–Kier alpha value is -1.14. The lowest BCUT2D eigenvalue weighted by molar-refractivity contribution is 0.575. The lowest BCUT2D eigenvalue weighted by atomic mass is 10.3. The molecule has 6 heteroatoms. The van der Waals surface area contributed by atoms with E-state index in [4.69, 9.17) is 5.73 Å². The molecule has 0 saturated heterocycles. The maximum absolute atomic E-state index is 12.9. The molecule has 0 spiro atoms. The first kappa shape index (κ1) is 12.9. The Labute approximate surface area is 94.7 Å². The summed E-state index contributed by atoms with van der Waals surface area (Å²) in [4.78, 5) is -0.205. The Bertz CT molecular complexity index is 460. The first-order valence-corrected chi connectivity index (χ1v) is 6.50. The highest BCUT2D eigenvalue weighted by atomic mass is 32.2. The van der Waals surface area contributed by atoms with Gasteiger partial charge in [-0.3, -0.25) is 0 Å². The monoisotopic (exact) mass is 246 g/mol. The minimum Gasteiger partial charge on any atom is -0.398 e. The molecule has 0 aliphatic heterocycles. The summed E-state index contributed by atoms with van der Waals surface area (Å²) in [5.41, 5.74) is 5.54. The van der Waals surface area contributed by atoms with E-state index in [1.54, 1.807) is 0 Å². The number of halogens is 1. The van der Waals surface area contributed by atoms with Crippen LogP contribution in [0.3, 0.4) is 0 Å². The minimum atomic E-state index is -3.70. The van der Waals surface area contributed by atoms with E-state index in [-0.39, 0.29) is 10.6 Å². The molecule has 1 aromatic rings. The molecule has 0 unspecified atom stereocenters. The number of anilines is 1. The van der Waals surface area contributed by atoms with E-state index in [0.29, 0.717) is 6.54 Å². The average molecular weight is 246 g/mol. The van der Waals surface area contributed by atoms with Crippen molar-refractivity contribution >= 4 is 15.7 Å². The van der Waals surface area contributed by atoms with Crippen molar-refractivity contribution in [3.8, 4) is 0 Å². The molecule has 0 heterocycles. The van der Waals surface area contributed by atoms with Crippen LogP contribution < -0.4 is 10.5 Å². The fourth-order valence-electron chi connectivity index (χ4n) is 1.20. The number of rotatable bonds is 5. The smallest absolute Gasteiger partial charge is 0.242 e. The number of nitrogens with two attached hydrogens (primary N) is 1. The van der Waals surface area contributed by atoms with E-state index in [0.717, 1.165) is 25.0 Å². The van der Waals surface area contributed by atoms with Crippen LogP contribution in [0.25, 0.3) is 0 Å². The zero-order valence-electron chi connectivity index (χ0n) is 9.03. The van der Waals surface area contributed by atoms with Gasteiger partial charge in [-0.2, -0.15) is 0 Å². The van der Waals surface area contributed by atoms with Gasteiger partial charge in [0.25, 0.3) is 0 Å². The number of nitrogens with one attached hydrogen (secondary N) is 1. The van der Waals surface area contributed by atoms with Crippen LogP contribution in [0.4, 0.5) is 10.1 Å². The zero-order valence-corrected chi connectivity index (χ0v) is 9.85. The van der Waals surface area contributed by atoms with Gasteiger partial charge in [0.1, 0.15) is 10.7 Å². The van der Waals surface area contributed by atoms with Crippen LogP contribution in [0.15, 0.2) is 23.1 Å². The molecule has 1 rings (SSSR count). The number of benzene rings is 1. The molecular weight excluding hydrogens is 231 g/mol. The van der Waals surface area contributed by atoms with Crippen molar-refractivity contribution in [2.45, 2.75) is 24.7 Å². The van der Waals surface area contributed by atoms with Gasteiger partial charge in [0.15, 0.2) is 0 Å². The zero-order chi connectivity index (χ0) is 12.2. The van der Waals surface area contributed by atoms with Crippen LogP contribution in [0.2, 0.25) is 0 Å². The standard InChI is InChI=1S/C10H15FN2O2S/c1-2-3-6-13-16(14,15)10-7-8(11)4-5-9(10)12/h4-5,7,13H,2-3,6,12H2,1H3. The normalized spacial score (nSPS) is 11.6. The molecule has 16 heavy (non-hydrogen) atoms. The molecule has 0 atom stereocenters. The number of hydrogen-bond acceptors (Lipinski definition) is 3. The summed E-state index contributed by atoms with van der Waals surface area (Å²) in [5, 5.41) is 0. The highest BCUT2D eigenvalue weighted by molar-refractivity contribution is 7.89. The molecule has 0 fully saturated rings. The molecule has 0 bridgehead atoms. The molecule has 1 aromatic carbocycles. The Balaban J connectivity index is 2.93. The summed E-state index contributed by atoms with van der Waals surface area (Å²) in [7, 11) is -3.70. The maximum Gasteiger partial charge on any atom is 0.242 e. The molecule has 0 aliphatic carbocycles. The lowest BCUT2D eigenvalue weighted by Crippen LogP contribution is -2.25. The van der Waals surface area contributed by atoms with Crippen molar-refractivity contribution < 1.29 is 12.8 Å². The predicted molar refractivity (Wildman–Crippen MR) is 60.9 cm³/mol. The van der Waals surface area contributed by atoms with Gasteiger partial charge >= 0.3 is 0 Å². The van der Waals surface area contributed by atoms with Crippen LogP contribution in [-0.4, -0.2) is 15.0 Å². The van der Waals surface area contributed by atoms with Gasteiger partial charge in [-0.15, -0.1) is 0 Å². The molecule has 0 amide bonds. The Morgan fingerprint density at radius 2 is 2.12 bits per heavy atom. The number of hydrogen-bond donors (Lipinski definition) is 2. The van der Waals surface area contributed by atoms with E-state index >= 15 is 0 Å². The van der Waals surface area contributed by atoms with Crippen LogP contribution in [0.1, 0.15) is 19.8 Å². The van der Waals surface area contributed by atoms with E-state index in [2.05, 4.69) is 4.72 Å². The maximum atomic E-state index is 12.9. The van der Waals surface area contributed by atoms with Gasteiger partial charge in [-0.25, -0.2) is 17.5 Å². The topological polar surface area (TPSA) is 72.2 Å². The van der Waals surface area contributed by atoms with E-state index in [1.807, 2.05) is 6.92 Å². The molecule has 3 N–H and O–H groups in total. The molecule has 0 aromatic heterocycles. The van der Waals surface area contributed by atoms with Gasteiger partial charge in [-0.05, 0) is 24.6 Å². The summed E-state index contributed by atoms with van der Waals surface area (Å²) in [6.07, 6.45) is 1.61. The number of nitrogen functional groups attached to an aromatic ring is 1. The van der Waals surface area contributed by atoms with Gasteiger partial charge < -0.3 is 5.73 Å². The second-order valence-corrected chi connectivity index (χ2v) is 5.17. The first-order valence-electron chi connectivity index (χ1n) is 5.02. The third-order valence-corrected chi connectivity index (χ3v) is 3.60. The van der Waals surface area contributed by atoms with Gasteiger partial charge in [0, 0.05) is 6.54 Å². The fourth-order valence-corrected chi connectivity index (χ4v) is 2.42. The quantitative estimate of drug-likeness (QED) is 0.610. The van der Waals surface area contributed by atoms with Crippen LogP contribution in [0, 0.1) is 5.82 Å². The van der Waals surface area contributed by atoms with E-state index < -0.39 is 15.8 Å². The third-order valence-electron chi connectivity index (χ3n) is 2.09. The van der Waals surface area contributed by atoms with Crippen molar-refractivity contribution in [1.82, 2.24) is 4.72 Å². The summed E-state index contributed by atoms with van der Waals surface area (Å²) in [5.74, 6) is -0.620. The Morgan fingerprint density at radius 3 is 2.75 bits per heavy atom. The first-order chi connectivity index (χ1) is 7.47.